The van der Waals surface area contributed by atoms with Gasteiger partial charge in [-0.2, -0.15) is 0 Å². The minimum Gasteiger partial charge on any atom is -0.496 e. The predicted octanol–water partition coefficient (Wildman–Crippen LogP) is 2.23. The Bertz CT molecular complexity index is 755. The van der Waals surface area contributed by atoms with Gasteiger partial charge in [0.15, 0.2) is 0 Å². The van der Waals surface area contributed by atoms with Gasteiger partial charge in [-0.15, -0.1) is 0 Å². The molecule has 1 heterocycles. The molecule has 0 aliphatic rings. The molecule has 0 fully saturated rings. The maximum Gasteiger partial charge on any atom is 0.230 e. The molecule has 2 N–H and O–H groups in total. The first-order valence-corrected chi connectivity index (χ1v) is 8.62. The number of carbonyl (C=O) groups excluding carboxylic acids is 2. The quantitative estimate of drug-likeness (QED) is 0.670. The zero-order valence-electron chi connectivity index (χ0n) is 15.4. The Hall–Kier alpha value is -2.83. The number of nitrogens with one attached hydrogen (secondary N) is 2. The summed E-state index contributed by atoms with van der Waals surface area (Å²) in [6, 6.07) is 7.45. The van der Waals surface area contributed by atoms with Crippen LogP contribution < -0.4 is 15.4 Å². The average Bonchev–Trinajstić information content (AvgIpc) is 2.98. The van der Waals surface area contributed by atoms with E-state index < -0.39 is 0 Å². The van der Waals surface area contributed by atoms with Crippen LogP contribution in [0.1, 0.15) is 31.2 Å². The lowest BCUT2D eigenvalue weighted by molar-refractivity contribution is -0.121. The number of carbonyl (C=O) groups is 2. The smallest absolute Gasteiger partial charge is 0.230 e. The number of amides is 2. The highest BCUT2D eigenvalue weighted by atomic mass is 16.5. The van der Waals surface area contributed by atoms with E-state index in [1.54, 1.807) is 14.0 Å². The Morgan fingerprint density at radius 3 is 2.54 bits per heavy atom. The van der Waals surface area contributed by atoms with Crippen molar-refractivity contribution in [2.75, 3.05) is 20.2 Å². The van der Waals surface area contributed by atoms with E-state index in [2.05, 4.69) is 15.6 Å². The molecule has 0 radical (unpaired) electrons. The van der Waals surface area contributed by atoms with Crippen LogP contribution in [0.15, 0.2) is 28.7 Å². The van der Waals surface area contributed by atoms with Crippen LogP contribution in [0.2, 0.25) is 0 Å². The van der Waals surface area contributed by atoms with Gasteiger partial charge in [-0.1, -0.05) is 12.1 Å². The first-order chi connectivity index (χ1) is 12.5. The van der Waals surface area contributed by atoms with Crippen molar-refractivity contribution in [2.45, 2.75) is 33.1 Å². The topological polar surface area (TPSA) is 93.5 Å². The van der Waals surface area contributed by atoms with Crippen LogP contribution >= 0.6 is 0 Å². The lowest BCUT2D eigenvalue weighted by Gasteiger charge is -2.05. The van der Waals surface area contributed by atoms with E-state index in [1.807, 2.05) is 24.3 Å². The van der Waals surface area contributed by atoms with Crippen LogP contribution in [0.25, 0.3) is 11.5 Å². The summed E-state index contributed by atoms with van der Waals surface area (Å²) in [4.78, 5) is 27.3. The molecule has 2 amide bonds. The number of benzene rings is 1. The maximum atomic E-state index is 12.1. The van der Waals surface area contributed by atoms with Gasteiger partial charge in [-0.05, 0) is 31.9 Å². The summed E-state index contributed by atoms with van der Waals surface area (Å²) in [5.41, 5.74) is 1.37. The third kappa shape index (κ3) is 5.61. The van der Waals surface area contributed by atoms with Crippen molar-refractivity contribution in [1.29, 1.82) is 0 Å². The Kier molecular flexibility index (Phi) is 7.20. The van der Waals surface area contributed by atoms with E-state index in [9.17, 15) is 9.59 Å². The third-order valence-corrected chi connectivity index (χ3v) is 3.86. The summed E-state index contributed by atoms with van der Waals surface area (Å²) in [5, 5.41) is 5.58. The fourth-order valence-electron chi connectivity index (χ4n) is 2.49. The second-order valence-electron chi connectivity index (χ2n) is 5.94. The van der Waals surface area contributed by atoms with Gasteiger partial charge in [0.1, 0.15) is 11.5 Å². The number of ether oxygens (including phenoxy) is 1. The molecule has 7 heteroatoms. The highest BCUT2D eigenvalue weighted by molar-refractivity contribution is 5.78. The molecule has 1 aromatic heterocycles. The van der Waals surface area contributed by atoms with Crippen LogP contribution in [0.4, 0.5) is 0 Å². The Balaban J connectivity index is 1.87. The van der Waals surface area contributed by atoms with Gasteiger partial charge in [-0.25, -0.2) is 4.98 Å². The van der Waals surface area contributed by atoms with Crippen molar-refractivity contribution in [3.63, 3.8) is 0 Å². The summed E-state index contributed by atoms with van der Waals surface area (Å²) >= 11 is 0. The second-order valence-corrected chi connectivity index (χ2v) is 5.94. The first-order valence-electron chi connectivity index (χ1n) is 8.62. The zero-order chi connectivity index (χ0) is 18.9. The molecule has 0 spiro atoms. The van der Waals surface area contributed by atoms with E-state index in [0.717, 1.165) is 18.4 Å². The molecule has 0 bridgehead atoms. The van der Waals surface area contributed by atoms with E-state index >= 15 is 0 Å². The standard InChI is InChI=1S/C19H25N3O4/c1-13-16(12-18(24)21-11-7-6-10-20-14(2)23)22-19(26-13)15-8-4-5-9-17(15)25-3/h4-5,8-9H,6-7,10-12H2,1-3H3,(H,20,23)(H,21,24). The lowest BCUT2D eigenvalue weighted by atomic mass is 10.2. The predicted molar refractivity (Wildman–Crippen MR) is 97.9 cm³/mol. The molecule has 0 atom stereocenters. The number of rotatable bonds is 9. The van der Waals surface area contributed by atoms with Gasteiger partial charge in [-0.3, -0.25) is 9.59 Å². The number of unbranched alkanes of at least 4 members (excludes halogenated alkanes) is 1. The van der Waals surface area contributed by atoms with Gasteiger partial charge < -0.3 is 19.8 Å². The molecule has 0 unspecified atom stereocenters. The fraction of sp³-hybridized carbons (Fsp3) is 0.421. The van der Waals surface area contributed by atoms with E-state index in [0.29, 0.717) is 36.2 Å². The molecule has 0 aliphatic carbocycles. The normalized spacial score (nSPS) is 10.4. The highest BCUT2D eigenvalue weighted by Crippen LogP contribution is 2.30. The first kappa shape index (κ1) is 19.5. The largest absolute Gasteiger partial charge is 0.496 e. The van der Waals surface area contributed by atoms with Crippen molar-refractivity contribution in [2.24, 2.45) is 0 Å². The molecule has 2 rings (SSSR count). The van der Waals surface area contributed by atoms with Gasteiger partial charge in [0.05, 0.1) is 24.8 Å². The van der Waals surface area contributed by atoms with E-state index in [1.165, 1.54) is 6.92 Å². The number of para-hydroxylation sites is 1. The molecule has 26 heavy (non-hydrogen) atoms. The van der Waals surface area contributed by atoms with Gasteiger partial charge >= 0.3 is 0 Å². The van der Waals surface area contributed by atoms with Crippen molar-refractivity contribution in [1.82, 2.24) is 15.6 Å². The van der Waals surface area contributed by atoms with Crippen LogP contribution in [0.5, 0.6) is 5.75 Å². The maximum absolute atomic E-state index is 12.1. The SMILES string of the molecule is COc1ccccc1-c1nc(CC(=O)NCCCCNC(C)=O)c(C)o1. The number of oxazole rings is 1. The molecule has 0 saturated carbocycles. The minimum absolute atomic E-state index is 0.0404. The number of aromatic nitrogens is 1. The van der Waals surface area contributed by atoms with E-state index in [-0.39, 0.29) is 18.2 Å². The average molecular weight is 359 g/mol. The molecule has 2 aromatic rings. The Labute approximate surface area is 153 Å². The molecular formula is C19H25N3O4. The number of hydrogen-bond donors (Lipinski definition) is 2. The van der Waals surface area contributed by atoms with Crippen molar-refractivity contribution < 1.29 is 18.7 Å². The highest BCUT2D eigenvalue weighted by Gasteiger charge is 2.16. The molecule has 1 aromatic carbocycles. The summed E-state index contributed by atoms with van der Waals surface area (Å²) in [5.74, 6) is 1.59. The van der Waals surface area contributed by atoms with Crippen LogP contribution in [0, 0.1) is 6.92 Å². The lowest BCUT2D eigenvalue weighted by Crippen LogP contribution is -2.27. The number of nitrogens with zero attached hydrogens (tertiary/aromatic N) is 1. The summed E-state index contributed by atoms with van der Waals surface area (Å²) in [6.45, 7) is 4.47. The van der Waals surface area contributed by atoms with Crippen molar-refractivity contribution in [3.8, 4) is 17.2 Å². The molecule has 0 aliphatic heterocycles. The zero-order valence-corrected chi connectivity index (χ0v) is 15.4. The molecule has 140 valence electrons. The van der Waals surface area contributed by atoms with Gasteiger partial charge in [0.2, 0.25) is 17.7 Å². The van der Waals surface area contributed by atoms with Crippen molar-refractivity contribution >= 4 is 11.8 Å². The van der Waals surface area contributed by atoms with Crippen LogP contribution in [-0.4, -0.2) is 37.0 Å². The molecule has 7 nitrogen and oxygen atoms in total. The molecule has 0 saturated heterocycles. The molecular weight excluding hydrogens is 334 g/mol. The van der Waals surface area contributed by atoms with Crippen LogP contribution in [0.3, 0.4) is 0 Å². The Morgan fingerprint density at radius 1 is 1.15 bits per heavy atom. The number of aryl methyl sites for hydroxylation is 1. The monoisotopic (exact) mass is 359 g/mol. The third-order valence-electron chi connectivity index (χ3n) is 3.86. The number of methoxy groups -OCH3 is 1. The van der Waals surface area contributed by atoms with Gasteiger partial charge in [0.25, 0.3) is 0 Å². The van der Waals surface area contributed by atoms with Crippen LogP contribution in [-0.2, 0) is 16.0 Å². The minimum atomic E-state index is -0.104. The Morgan fingerprint density at radius 2 is 1.85 bits per heavy atom. The second kappa shape index (κ2) is 9.60. The summed E-state index contributed by atoms with van der Waals surface area (Å²) in [6.07, 6.45) is 1.78. The fourth-order valence-corrected chi connectivity index (χ4v) is 2.49. The number of hydrogen-bond acceptors (Lipinski definition) is 5. The van der Waals surface area contributed by atoms with E-state index in [4.69, 9.17) is 9.15 Å². The van der Waals surface area contributed by atoms with Gasteiger partial charge in [0, 0.05) is 20.0 Å². The summed E-state index contributed by atoms with van der Waals surface area (Å²) < 4.78 is 11.0. The van der Waals surface area contributed by atoms with Crippen molar-refractivity contribution in [3.05, 3.63) is 35.7 Å². The summed E-state index contributed by atoms with van der Waals surface area (Å²) in [7, 11) is 1.59.